The van der Waals surface area contributed by atoms with Gasteiger partial charge in [0.15, 0.2) is 0 Å². The average Bonchev–Trinajstić information content (AvgIpc) is 2.95. The monoisotopic (exact) mass is 646 g/mol. The van der Waals surface area contributed by atoms with Crippen LogP contribution in [-0.4, -0.2) is 21.8 Å². The number of amidine groups is 2. The first-order valence-corrected chi connectivity index (χ1v) is 19.8. The van der Waals surface area contributed by atoms with E-state index in [-0.39, 0.29) is 5.30 Å². The molecule has 8 N–H and O–H groups in total. The molecule has 0 saturated carbocycles. The Kier molecular flexibility index (Phi) is 33.8. The molecule has 0 heterocycles. The molecule has 0 atom stereocenters. The fourth-order valence-electron chi connectivity index (χ4n) is 4.17. The normalized spacial score (nSPS) is 10.8. The van der Waals surface area contributed by atoms with Crippen molar-refractivity contribution in [2.75, 3.05) is 11.5 Å². The number of hydrogen-bond donors (Lipinski definition) is 4. The molecule has 7 nitrogen and oxygen atoms in total. The summed E-state index contributed by atoms with van der Waals surface area (Å²) in [5.41, 5.74) is 10.7. The van der Waals surface area contributed by atoms with Crippen molar-refractivity contribution < 1.29 is 25.2 Å². The van der Waals surface area contributed by atoms with Gasteiger partial charge >= 0.3 is 0 Å². The van der Waals surface area contributed by atoms with E-state index in [9.17, 15) is 14.4 Å². The summed E-state index contributed by atoms with van der Waals surface area (Å²) in [5, 5.41) is 11.6. The lowest BCUT2D eigenvalue weighted by Gasteiger charge is -2.29. The summed E-state index contributed by atoms with van der Waals surface area (Å²) in [5.74, 6) is 2.16. The van der Waals surface area contributed by atoms with E-state index < -0.39 is 7.60 Å². The van der Waals surface area contributed by atoms with Crippen LogP contribution < -0.4 is 37.4 Å². The van der Waals surface area contributed by atoms with Crippen molar-refractivity contribution >= 4 is 46.8 Å². The molecule has 246 valence electrons. The van der Waals surface area contributed by atoms with Crippen LogP contribution in [0.5, 0.6) is 0 Å². The zero-order chi connectivity index (χ0) is 31.7. The summed E-state index contributed by atoms with van der Waals surface area (Å²) in [7, 11) is -4.52. The van der Waals surface area contributed by atoms with Gasteiger partial charge in [0.2, 0.25) is 0 Å². The predicted molar refractivity (Wildman–Crippen MR) is 185 cm³/mol. The fourth-order valence-corrected chi connectivity index (χ4v) is 5.88. The third-order valence-corrected chi connectivity index (χ3v) is 9.19. The second-order valence-corrected chi connectivity index (χ2v) is 14.5. The molecule has 0 saturated heterocycles. The molecule has 0 spiro atoms. The second kappa shape index (κ2) is 32.9. The van der Waals surface area contributed by atoms with E-state index >= 15 is 0 Å². The predicted octanol–water partition coefficient (Wildman–Crippen LogP) is 4.65. The van der Waals surface area contributed by atoms with Gasteiger partial charge in [0, 0.05) is 11.5 Å². The number of benzene rings is 1. The van der Waals surface area contributed by atoms with Crippen LogP contribution in [0.2, 0.25) is 0 Å². The van der Waals surface area contributed by atoms with Crippen molar-refractivity contribution in [1.82, 2.24) is 0 Å². The van der Waals surface area contributed by atoms with E-state index in [1.807, 2.05) is 0 Å². The summed E-state index contributed by atoms with van der Waals surface area (Å²) >= 11 is 3.16. The van der Waals surface area contributed by atoms with E-state index in [1.165, 1.54) is 153 Å². The number of unbranched alkanes of at least 4 members (excludes halogenated alkanes) is 18. The standard InChI is InChI=1S/2C13H28N2S.C6H7O3P/c2*1-2-3-4-5-6-7-8-9-10-11-12-16-13(14)15;7-10(8,9)6-4-2-1-3-5-6/h2*2-12H2,1H3,(H3,14,15);1-5H,(H2,7,8,9). The van der Waals surface area contributed by atoms with E-state index in [4.69, 9.17) is 22.3 Å². The highest BCUT2D eigenvalue weighted by atomic mass is 32.2. The van der Waals surface area contributed by atoms with Gasteiger partial charge in [-0.3, -0.25) is 22.3 Å². The molecule has 0 bridgehead atoms. The molecule has 0 aliphatic heterocycles. The summed E-state index contributed by atoms with van der Waals surface area (Å²) in [6, 6.07) is 7.23. The maximum Gasteiger partial charge on any atom is 0.299 e. The number of nitrogens with two attached hydrogens (primary N) is 4. The minimum Gasteiger partial charge on any atom is -0.807 e. The van der Waals surface area contributed by atoms with Crippen LogP contribution in [-0.2, 0) is 4.57 Å². The highest BCUT2D eigenvalue weighted by molar-refractivity contribution is 8.13. The molecule has 10 heteroatoms. The lowest BCUT2D eigenvalue weighted by Crippen LogP contribution is -2.43. The number of thioether (sulfide) groups is 2. The van der Waals surface area contributed by atoms with E-state index in [0.29, 0.717) is 10.3 Å². The van der Waals surface area contributed by atoms with Gasteiger partial charge in [-0.05, 0) is 49.3 Å². The Hall–Kier alpha value is -0.990. The first kappa shape index (κ1) is 43.1. The van der Waals surface area contributed by atoms with Gasteiger partial charge in [0.1, 0.15) is 0 Å². The maximum absolute atomic E-state index is 10.3. The van der Waals surface area contributed by atoms with Crippen LogP contribution in [0.1, 0.15) is 142 Å². The zero-order valence-corrected chi connectivity index (χ0v) is 29.3. The Morgan fingerprint density at radius 1 is 0.595 bits per heavy atom. The molecular formula is C32H63N4O3PS2. The smallest absolute Gasteiger partial charge is 0.299 e. The van der Waals surface area contributed by atoms with E-state index in [2.05, 4.69) is 13.8 Å². The van der Waals surface area contributed by atoms with Crippen LogP contribution in [0.4, 0.5) is 0 Å². The molecule has 0 unspecified atom stereocenters. The highest BCUT2D eigenvalue weighted by Gasteiger charge is 1.98. The fraction of sp³-hybridized carbons (Fsp3) is 0.750. The molecule has 1 aromatic carbocycles. The van der Waals surface area contributed by atoms with Gasteiger partial charge < -0.3 is 14.4 Å². The lowest BCUT2D eigenvalue weighted by molar-refractivity contribution is -0.307. The lowest BCUT2D eigenvalue weighted by atomic mass is 10.1. The van der Waals surface area contributed by atoms with Crippen LogP contribution in [0.25, 0.3) is 0 Å². The molecule has 0 aromatic heterocycles. The Labute approximate surface area is 266 Å². The highest BCUT2D eigenvalue weighted by Crippen LogP contribution is 2.20. The van der Waals surface area contributed by atoms with Crippen molar-refractivity contribution in [2.24, 2.45) is 11.5 Å². The molecule has 0 amide bonds. The van der Waals surface area contributed by atoms with Crippen LogP contribution in [0, 0.1) is 0 Å². The van der Waals surface area contributed by atoms with Gasteiger partial charge in [0.25, 0.3) is 10.3 Å². The van der Waals surface area contributed by atoms with Gasteiger partial charge in [-0.15, -0.1) is 0 Å². The Bertz CT molecular complexity index is 746. The first-order valence-electron chi connectivity index (χ1n) is 16.2. The van der Waals surface area contributed by atoms with E-state index in [0.717, 1.165) is 11.5 Å². The molecular weight excluding hydrogens is 583 g/mol. The van der Waals surface area contributed by atoms with Crippen molar-refractivity contribution in [1.29, 1.82) is 0 Å². The van der Waals surface area contributed by atoms with Gasteiger partial charge in [-0.2, -0.15) is 0 Å². The third kappa shape index (κ3) is 37.0. The number of hydrogen-bond acceptors (Lipinski definition) is 5. The number of rotatable bonds is 23. The molecule has 1 rings (SSSR count). The minimum absolute atomic E-state index is 0.157. The maximum atomic E-state index is 10.3. The average molecular weight is 647 g/mol. The molecule has 0 aliphatic rings. The molecule has 1 aromatic rings. The van der Waals surface area contributed by atoms with Gasteiger partial charge in [0.05, 0.1) is 0 Å². The topological polar surface area (TPSA) is 166 Å². The molecule has 0 aliphatic carbocycles. The zero-order valence-electron chi connectivity index (χ0n) is 26.7. The molecule has 0 radical (unpaired) electrons. The summed E-state index contributed by atoms with van der Waals surface area (Å²) in [6.07, 6.45) is 27.6. The van der Waals surface area contributed by atoms with Gasteiger partial charge in [-0.25, -0.2) is 0 Å². The quantitative estimate of drug-likeness (QED) is 0.0581. The Morgan fingerprint density at radius 3 is 1.12 bits per heavy atom. The second-order valence-electron chi connectivity index (χ2n) is 10.7. The van der Waals surface area contributed by atoms with Gasteiger partial charge in [-0.1, -0.05) is 160 Å². The van der Waals surface area contributed by atoms with Crippen molar-refractivity contribution in [3.8, 4) is 0 Å². The van der Waals surface area contributed by atoms with Crippen molar-refractivity contribution in [2.45, 2.75) is 142 Å². The Morgan fingerprint density at radius 2 is 0.881 bits per heavy atom. The minimum atomic E-state index is -4.52. The van der Waals surface area contributed by atoms with Crippen molar-refractivity contribution in [3.05, 3.63) is 30.3 Å². The summed E-state index contributed by atoms with van der Waals surface area (Å²) < 4.78 is 10.3. The molecule has 0 fully saturated rings. The first-order chi connectivity index (χ1) is 20.1. The van der Waals surface area contributed by atoms with Crippen LogP contribution >= 0.6 is 31.1 Å². The summed E-state index contributed by atoms with van der Waals surface area (Å²) in [6.45, 7) is 4.53. The van der Waals surface area contributed by atoms with Crippen LogP contribution in [0.15, 0.2) is 30.3 Å². The van der Waals surface area contributed by atoms with E-state index in [1.54, 1.807) is 29.6 Å². The molecule has 42 heavy (non-hydrogen) atoms. The third-order valence-electron chi connectivity index (χ3n) is 6.61. The van der Waals surface area contributed by atoms with Crippen molar-refractivity contribution in [3.63, 3.8) is 0 Å². The largest absolute Gasteiger partial charge is 0.807 e. The SMILES string of the molecule is CCCCCCCCCCCCSC(N)=[NH2+].CCCCCCCCCCCCSC(N)=[NH2+].O=P([O-])([O-])c1ccccc1. The summed E-state index contributed by atoms with van der Waals surface area (Å²) in [4.78, 5) is 20.6. The van der Waals surface area contributed by atoms with Crippen LogP contribution in [0.3, 0.4) is 0 Å². The Balaban J connectivity index is 0.